The first-order valence-electron chi connectivity index (χ1n) is 10.5. The van der Waals surface area contributed by atoms with Crippen LogP contribution in [0.2, 0.25) is 0 Å². The minimum atomic E-state index is -1.07. The summed E-state index contributed by atoms with van der Waals surface area (Å²) in [6, 6.07) is 17.5. The van der Waals surface area contributed by atoms with Crippen molar-refractivity contribution in [2.45, 2.75) is 11.8 Å². The molecule has 3 aromatic rings. The summed E-state index contributed by atoms with van der Waals surface area (Å²) in [4.78, 5) is 29.7. The second kappa shape index (κ2) is 8.07. The van der Waals surface area contributed by atoms with Crippen LogP contribution in [-0.4, -0.2) is 46.7 Å². The summed E-state index contributed by atoms with van der Waals surface area (Å²) in [5, 5.41) is 9.64. The van der Waals surface area contributed by atoms with E-state index in [0.717, 1.165) is 28.5 Å². The first-order valence-corrected chi connectivity index (χ1v) is 10.5. The zero-order valence-corrected chi connectivity index (χ0v) is 17.1. The minimum absolute atomic E-state index is 0.0293. The number of rotatable bonds is 4. The monoisotopic (exact) mass is 432 g/mol. The number of ether oxygens (including phenoxy) is 1. The number of hydrogen-bond acceptors (Lipinski definition) is 4. The van der Waals surface area contributed by atoms with Crippen molar-refractivity contribution in [1.29, 1.82) is 0 Å². The number of likely N-dealkylation sites (tertiary alicyclic amines) is 1. The van der Waals surface area contributed by atoms with Crippen LogP contribution in [0.3, 0.4) is 0 Å². The molecule has 2 heterocycles. The second-order valence-corrected chi connectivity index (χ2v) is 8.16. The molecule has 1 N–H and O–H groups in total. The molecule has 0 saturated carbocycles. The van der Waals surface area contributed by atoms with E-state index in [9.17, 15) is 19.1 Å². The number of benzene rings is 2. The van der Waals surface area contributed by atoms with Crippen LogP contribution < -0.4 is 0 Å². The van der Waals surface area contributed by atoms with Crippen LogP contribution in [0.15, 0.2) is 67.0 Å². The first kappa shape index (κ1) is 20.2. The summed E-state index contributed by atoms with van der Waals surface area (Å²) in [6.45, 7) is 0.197. The van der Waals surface area contributed by atoms with Gasteiger partial charge in [0, 0.05) is 31.1 Å². The number of pyridine rings is 1. The molecule has 0 radical (unpaired) electrons. The van der Waals surface area contributed by atoms with Gasteiger partial charge in [0.2, 0.25) is 0 Å². The molecule has 1 aliphatic heterocycles. The summed E-state index contributed by atoms with van der Waals surface area (Å²) in [7, 11) is 0. The van der Waals surface area contributed by atoms with Gasteiger partial charge in [-0.25, -0.2) is 9.18 Å². The van der Waals surface area contributed by atoms with Crippen LogP contribution in [0.5, 0.6) is 0 Å². The summed E-state index contributed by atoms with van der Waals surface area (Å²) in [5.74, 6) is -3.29. The SMILES string of the molecule is O=C(O)C1CN(C(=O)OCC2c3ccccc3-c3ccccc32)CC1c1ccncc1F. The van der Waals surface area contributed by atoms with Crippen molar-refractivity contribution < 1.29 is 23.8 Å². The van der Waals surface area contributed by atoms with E-state index in [4.69, 9.17) is 4.74 Å². The molecule has 6 nitrogen and oxygen atoms in total. The quantitative estimate of drug-likeness (QED) is 0.666. The largest absolute Gasteiger partial charge is 0.481 e. The normalized spacial score (nSPS) is 19.5. The predicted molar refractivity (Wildman–Crippen MR) is 115 cm³/mol. The van der Waals surface area contributed by atoms with E-state index in [2.05, 4.69) is 17.1 Å². The lowest BCUT2D eigenvalue weighted by Crippen LogP contribution is -2.31. The van der Waals surface area contributed by atoms with Crippen molar-refractivity contribution in [2.24, 2.45) is 5.92 Å². The number of fused-ring (bicyclic) bond motifs is 3. The van der Waals surface area contributed by atoms with Crippen molar-refractivity contribution in [1.82, 2.24) is 9.88 Å². The fourth-order valence-corrected chi connectivity index (χ4v) is 4.89. The van der Waals surface area contributed by atoms with Crippen molar-refractivity contribution in [3.8, 4) is 11.1 Å². The Hall–Kier alpha value is -3.74. The van der Waals surface area contributed by atoms with Gasteiger partial charge in [0.25, 0.3) is 0 Å². The molecule has 2 unspecified atom stereocenters. The number of nitrogens with zero attached hydrogens (tertiary/aromatic N) is 2. The summed E-state index contributed by atoms with van der Waals surface area (Å²) in [6.07, 6.45) is 1.90. The van der Waals surface area contributed by atoms with Crippen molar-refractivity contribution in [3.63, 3.8) is 0 Å². The Morgan fingerprint density at radius 3 is 2.28 bits per heavy atom. The molecule has 32 heavy (non-hydrogen) atoms. The van der Waals surface area contributed by atoms with E-state index < -0.39 is 29.7 Å². The van der Waals surface area contributed by atoms with Gasteiger partial charge in [-0.2, -0.15) is 0 Å². The molecule has 1 amide bonds. The van der Waals surface area contributed by atoms with E-state index in [0.29, 0.717) is 0 Å². The first-order chi connectivity index (χ1) is 15.5. The van der Waals surface area contributed by atoms with Gasteiger partial charge in [-0.1, -0.05) is 48.5 Å². The predicted octanol–water partition coefficient (Wildman–Crippen LogP) is 4.27. The van der Waals surface area contributed by atoms with Crippen molar-refractivity contribution in [2.75, 3.05) is 19.7 Å². The molecule has 2 aromatic carbocycles. The van der Waals surface area contributed by atoms with E-state index in [1.165, 1.54) is 17.2 Å². The molecule has 0 spiro atoms. The number of hydrogen-bond donors (Lipinski definition) is 1. The summed E-state index contributed by atoms with van der Waals surface area (Å²) < 4.78 is 19.9. The second-order valence-electron chi connectivity index (χ2n) is 8.16. The lowest BCUT2D eigenvalue weighted by Gasteiger charge is -2.19. The third kappa shape index (κ3) is 3.39. The van der Waals surface area contributed by atoms with Crippen LogP contribution in [0, 0.1) is 11.7 Å². The standard InChI is InChI=1S/C25H21FN2O4/c26-23-11-27-10-9-19(23)20-12-28(13-21(20)24(29)30)25(31)32-14-22-17-7-3-1-5-15(17)16-6-2-4-8-18(16)22/h1-11,20-22H,12-14H2,(H,29,30). The zero-order valence-electron chi connectivity index (χ0n) is 17.1. The highest BCUT2D eigenvalue weighted by Crippen LogP contribution is 2.44. The number of carbonyl (C=O) groups excluding carboxylic acids is 1. The molecule has 1 aromatic heterocycles. The van der Waals surface area contributed by atoms with Gasteiger partial charge in [0.05, 0.1) is 12.1 Å². The number of carboxylic acid groups (broad SMARTS) is 1. The molecule has 1 fully saturated rings. The van der Waals surface area contributed by atoms with Gasteiger partial charge in [0.15, 0.2) is 0 Å². The van der Waals surface area contributed by atoms with Gasteiger partial charge in [0.1, 0.15) is 12.4 Å². The maximum absolute atomic E-state index is 14.3. The average molecular weight is 432 g/mol. The number of aliphatic carboxylic acids is 1. The Balaban J connectivity index is 1.33. The third-order valence-corrected chi connectivity index (χ3v) is 6.43. The highest BCUT2D eigenvalue weighted by molar-refractivity contribution is 5.79. The Morgan fingerprint density at radius 2 is 1.66 bits per heavy atom. The number of carboxylic acids is 1. The molecular formula is C25H21FN2O4. The summed E-state index contributed by atoms with van der Waals surface area (Å²) in [5.41, 5.74) is 4.71. The molecule has 162 valence electrons. The van der Waals surface area contributed by atoms with E-state index in [-0.39, 0.29) is 31.2 Å². The average Bonchev–Trinajstić information content (AvgIpc) is 3.38. The highest BCUT2D eigenvalue weighted by Gasteiger charge is 2.42. The zero-order chi connectivity index (χ0) is 22.2. The van der Waals surface area contributed by atoms with E-state index >= 15 is 0 Å². The molecule has 1 aliphatic carbocycles. The maximum Gasteiger partial charge on any atom is 0.409 e. The molecular weight excluding hydrogens is 411 g/mol. The van der Waals surface area contributed by atoms with E-state index in [1.807, 2.05) is 36.4 Å². The van der Waals surface area contributed by atoms with Crippen molar-refractivity contribution in [3.05, 3.63) is 89.5 Å². The van der Waals surface area contributed by atoms with E-state index in [1.54, 1.807) is 0 Å². The van der Waals surface area contributed by atoms with Gasteiger partial charge in [-0.3, -0.25) is 9.78 Å². The molecule has 0 bridgehead atoms. The Kier molecular flexibility index (Phi) is 5.09. The summed E-state index contributed by atoms with van der Waals surface area (Å²) >= 11 is 0. The fraction of sp³-hybridized carbons (Fsp3) is 0.240. The van der Waals surface area contributed by atoms with Crippen LogP contribution in [0.4, 0.5) is 9.18 Å². The fourth-order valence-electron chi connectivity index (χ4n) is 4.89. The maximum atomic E-state index is 14.3. The minimum Gasteiger partial charge on any atom is -0.481 e. The van der Waals surface area contributed by atoms with Crippen LogP contribution in [0.25, 0.3) is 11.1 Å². The Bertz CT molecular complexity index is 1150. The molecule has 2 atom stereocenters. The molecule has 7 heteroatoms. The van der Waals surface area contributed by atoms with Crippen LogP contribution in [-0.2, 0) is 9.53 Å². The molecule has 1 saturated heterocycles. The number of aromatic nitrogens is 1. The topological polar surface area (TPSA) is 79.7 Å². The smallest absolute Gasteiger partial charge is 0.409 e. The Labute approximate surface area is 184 Å². The lowest BCUT2D eigenvalue weighted by atomic mass is 9.89. The van der Waals surface area contributed by atoms with Gasteiger partial charge in [-0.15, -0.1) is 0 Å². The van der Waals surface area contributed by atoms with Gasteiger partial charge >= 0.3 is 12.1 Å². The molecule has 5 rings (SSSR count). The molecule has 2 aliphatic rings. The highest BCUT2D eigenvalue weighted by atomic mass is 19.1. The third-order valence-electron chi connectivity index (χ3n) is 6.43. The number of amides is 1. The van der Waals surface area contributed by atoms with Crippen LogP contribution >= 0.6 is 0 Å². The van der Waals surface area contributed by atoms with Gasteiger partial charge in [-0.05, 0) is 33.9 Å². The number of halogens is 1. The number of carbonyl (C=O) groups is 2. The lowest BCUT2D eigenvalue weighted by molar-refractivity contribution is -0.141. The van der Waals surface area contributed by atoms with Gasteiger partial charge < -0.3 is 14.7 Å². The van der Waals surface area contributed by atoms with Crippen LogP contribution in [0.1, 0.15) is 28.5 Å². The Morgan fingerprint density at radius 1 is 1.00 bits per heavy atom. The van der Waals surface area contributed by atoms with Crippen molar-refractivity contribution >= 4 is 12.1 Å².